The quantitative estimate of drug-likeness (QED) is 0.406. The Bertz CT molecular complexity index is 837. The van der Waals surface area contributed by atoms with Gasteiger partial charge in [0.15, 0.2) is 11.9 Å². The van der Waals surface area contributed by atoms with Crippen LogP contribution in [0.5, 0.6) is 5.75 Å². The molecule has 1 aliphatic rings. The van der Waals surface area contributed by atoms with Crippen molar-refractivity contribution in [3.8, 4) is 5.75 Å². The Balaban J connectivity index is 1.61. The van der Waals surface area contributed by atoms with Crippen molar-refractivity contribution in [1.82, 2.24) is 9.97 Å². The van der Waals surface area contributed by atoms with Gasteiger partial charge >= 0.3 is 5.97 Å². The van der Waals surface area contributed by atoms with Gasteiger partial charge in [-0.15, -0.1) is 0 Å². The lowest BCUT2D eigenvalue weighted by Gasteiger charge is -2.21. The van der Waals surface area contributed by atoms with Gasteiger partial charge in [0.2, 0.25) is 0 Å². The number of fused-ring (bicyclic) bond motifs is 1. The molecule has 1 aliphatic heterocycles. The third-order valence-corrected chi connectivity index (χ3v) is 5.07. The van der Waals surface area contributed by atoms with E-state index >= 15 is 0 Å². The number of nitrogens with zero attached hydrogens (tertiary/aromatic N) is 2. The van der Waals surface area contributed by atoms with Crippen molar-refractivity contribution in [2.24, 2.45) is 0 Å². The molecule has 0 N–H and O–H groups in total. The van der Waals surface area contributed by atoms with Crippen LogP contribution in [0.15, 0.2) is 17.3 Å². The van der Waals surface area contributed by atoms with Crippen molar-refractivity contribution in [3.05, 3.63) is 45.2 Å². The van der Waals surface area contributed by atoms with Gasteiger partial charge in [-0.25, -0.2) is 9.97 Å². The summed E-state index contributed by atoms with van der Waals surface area (Å²) in [6.07, 6.45) is 2.75. The van der Waals surface area contributed by atoms with Crippen molar-refractivity contribution >= 4 is 29.3 Å². The van der Waals surface area contributed by atoms with E-state index in [1.54, 1.807) is 12.1 Å². The molecular weight excluding hydrogens is 388 g/mol. The molecule has 0 bridgehead atoms. The topological polar surface area (TPSA) is 70.5 Å². The van der Waals surface area contributed by atoms with Crippen molar-refractivity contribution in [3.63, 3.8) is 0 Å². The number of hydrogen-bond donors (Lipinski definition) is 0. The third kappa shape index (κ3) is 4.91. The molecular formula is C19H21ClN2O4S. The maximum atomic E-state index is 12.2. The summed E-state index contributed by atoms with van der Waals surface area (Å²) in [5, 5.41) is 1.30. The average Bonchev–Trinajstić information content (AvgIpc) is 2.65. The zero-order chi connectivity index (χ0) is 19.4. The minimum Gasteiger partial charge on any atom is -0.467 e. The van der Waals surface area contributed by atoms with E-state index in [0.29, 0.717) is 23.8 Å². The van der Waals surface area contributed by atoms with E-state index in [-0.39, 0.29) is 25.8 Å². The molecule has 8 heteroatoms. The highest BCUT2D eigenvalue weighted by Crippen LogP contribution is 2.32. The molecule has 0 saturated carbocycles. The summed E-state index contributed by atoms with van der Waals surface area (Å²) in [6.45, 7) is 4.60. The van der Waals surface area contributed by atoms with E-state index in [1.165, 1.54) is 11.8 Å². The molecule has 3 rings (SSSR count). The van der Waals surface area contributed by atoms with E-state index in [0.717, 1.165) is 33.2 Å². The van der Waals surface area contributed by atoms with Crippen molar-refractivity contribution < 1.29 is 19.0 Å². The normalized spacial score (nSPS) is 13.0. The second-order valence-electron chi connectivity index (χ2n) is 6.18. The Morgan fingerprint density at radius 2 is 2.04 bits per heavy atom. The zero-order valence-corrected chi connectivity index (χ0v) is 17.1. The molecule has 0 radical (unpaired) electrons. The van der Waals surface area contributed by atoms with E-state index in [9.17, 15) is 4.79 Å². The Hall–Kier alpha value is -1.83. The largest absolute Gasteiger partial charge is 0.467 e. The lowest BCUT2D eigenvalue weighted by atomic mass is 10.1. The fourth-order valence-electron chi connectivity index (χ4n) is 2.98. The minimum atomic E-state index is -0.288. The monoisotopic (exact) mass is 408 g/mol. The number of benzene rings is 1. The zero-order valence-electron chi connectivity index (χ0n) is 15.5. The van der Waals surface area contributed by atoms with Crippen molar-refractivity contribution in [1.29, 1.82) is 0 Å². The molecule has 0 amide bonds. The van der Waals surface area contributed by atoms with E-state index in [1.807, 2.05) is 20.1 Å². The van der Waals surface area contributed by atoms with Gasteiger partial charge in [-0.1, -0.05) is 23.4 Å². The summed E-state index contributed by atoms with van der Waals surface area (Å²) < 4.78 is 16.2. The van der Waals surface area contributed by atoms with Gasteiger partial charge in [0.1, 0.15) is 12.4 Å². The number of carbonyl (C=O) groups is 1. The maximum Gasteiger partial charge on any atom is 0.306 e. The van der Waals surface area contributed by atoms with E-state index in [2.05, 4.69) is 9.97 Å². The molecule has 0 atom stereocenters. The van der Waals surface area contributed by atoms with Crippen molar-refractivity contribution in [2.45, 2.75) is 45.1 Å². The highest BCUT2D eigenvalue weighted by molar-refractivity contribution is 7.98. The van der Waals surface area contributed by atoms with Gasteiger partial charge in [0, 0.05) is 34.0 Å². The number of esters is 1. The molecule has 0 unspecified atom stereocenters. The molecule has 1 aromatic heterocycles. The minimum absolute atomic E-state index is 0.113. The van der Waals surface area contributed by atoms with Crippen LogP contribution in [-0.4, -0.2) is 29.0 Å². The lowest BCUT2D eigenvalue weighted by Crippen LogP contribution is -2.14. The Labute approximate surface area is 167 Å². The molecule has 2 aromatic rings. The van der Waals surface area contributed by atoms with E-state index in [4.69, 9.17) is 25.8 Å². The van der Waals surface area contributed by atoms with Crippen LogP contribution in [-0.2, 0) is 33.9 Å². The standard InChI is InChI=1S/C19H21ClN2O4S/c1-11-16(12(2)22-19(21-11)27-3)4-5-17(23)25-9-14-7-15(20)6-13-8-24-10-26-18(13)14/h6-7H,4-5,8-10H2,1-3H3. The van der Waals surface area contributed by atoms with Crippen LogP contribution in [0.3, 0.4) is 0 Å². The van der Waals surface area contributed by atoms with Crippen LogP contribution in [0.1, 0.15) is 34.5 Å². The van der Waals surface area contributed by atoms with Crippen LogP contribution in [0.4, 0.5) is 0 Å². The highest BCUT2D eigenvalue weighted by Gasteiger charge is 2.18. The fourth-order valence-corrected chi connectivity index (χ4v) is 3.70. The Kier molecular flexibility index (Phi) is 6.57. The number of thioether (sulfide) groups is 1. The van der Waals surface area contributed by atoms with Gasteiger partial charge in [-0.2, -0.15) is 0 Å². The molecule has 144 valence electrons. The summed E-state index contributed by atoms with van der Waals surface area (Å²) in [5.41, 5.74) is 4.39. The second-order valence-corrected chi connectivity index (χ2v) is 7.39. The molecule has 2 heterocycles. The first-order valence-electron chi connectivity index (χ1n) is 8.53. The summed E-state index contributed by atoms with van der Waals surface area (Å²) >= 11 is 7.63. The number of aryl methyl sites for hydroxylation is 2. The van der Waals surface area contributed by atoms with Gasteiger partial charge in [-0.05, 0) is 44.2 Å². The third-order valence-electron chi connectivity index (χ3n) is 4.30. The van der Waals surface area contributed by atoms with Crippen LogP contribution < -0.4 is 4.74 Å². The number of rotatable bonds is 6. The SMILES string of the molecule is CSc1nc(C)c(CCC(=O)OCc2cc(Cl)cc3c2OCOC3)c(C)n1. The second kappa shape index (κ2) is 8.91. The molecule has 0 spiro atoms. The van der Waals surface area contributed by atoms with Crippen LogP contribution in [0, 0.1) is 13.8 Å². The number of halogens is 1. The van der Waals surface area contributed by atoms with Gasteiger partial charge in [0.25, 0.3) is 0 Å². The maximum absolute atomic E-state index is 12.2. The first-order chi connectivity index (χ1) is 13.0. The van der Waals surface area contributed by atoms with Crippen molar-refractivity contribution in [2.75, 3.05) is 13.0 Å². The lowest BCUT2D eigenvalue weighted by molar-refractivity contribution is -0.145. The summed E-state index contributed by atoms with van der Waals surface area (Å²) in [7, 11) is 0. The number of ether oxygens (including phenoxy) is 3. The number of carbonyl (C=O) groups excluding carboxylic acids is 1. The smallest absolute Gasteiger partial charge is 0.306 e. The van der Waals surface area contributed by atoms with Gasteiger partial charge in [0.05, 0.1) is 6.61 Å². The first kappa shape index (κ1) is 19.9. The molecule has 0 fully saturated rings. The number of hydrogen-bond acceptors (Lipinski definition) is 7. The molecule has 0 aliphatic carbocycles. The fraction of sp³-hybridized carbons (Fsp3) is 0.421. The number of aromatic nitrogens is 2. The summed E-state index contributed by atoms with van der Waals surface area (Å²) in [6, 6.07) is 3.55. The first-order valence-corrected chi connectivity index (χ1v) is 10.1. The highest BCUT2D eigenvalue weighted by atomic mass is 35.5. The molecule has 1 aromatic carbocycles. The summed E-state index contributed by atoms with van der Waals surface area (Å²) in [5.74, 6) is 0.398. The van der Waals surface area contributed by atoms with Gasteiger partial charge in [-0.3, -0.25) is 4.79 Å². The molecule has 0 saturated heterocycles. The summed E-state index contributed by atoms with van der Waals surface area (Å²) in [4.78, 5) is 21.1. The van der Waals surface area contributed by atoms with E-state index < -0.39 is 0 Å². The Morgan fingerprint density at radius 3 is 2.74 bits per heavy atom. The molecule has 27 heavy (non-hydrogen) atoms. The predicted octanol–water partition coefficient (Wildman–Crippen LogP) is 4.01. The predicted molar refractivity (Wildman–Crippen MR) is 103 cm³/mol. The van der Waals surface area contributed by atoms with Gasteiger partial charge < -0.3 is 14.2 Å². The average molecular weight is 409 g/mol. The van der Waals surface area contributed by atoms with Crippen LogP contribution >= 0.6 is 23.4 Å². The Morgan fingerprint density at radius 1 is 1.30 bits per heavy atom. The van der Waals surface area contributed by atoms with Crippen LogP contribution in [0.2, 0.25) is 5.02 Å². The van der Waals surface area contributed by atoms with Crippen LogP contribution in [0.25, 0.3) is 0 Å². The molecule has 6 nitrogen and oxygen atoms in total.